The number of nitrogens with zero attached hydrogens (tertiary/aromatic N) is 4. The zero-order valence-electron chi connectivity index (χ0n) is 12.8. The van der Waals surface area contributed by atoms with E-state index in [1.807, 2.05) is 42.5 Å². The summed E-state index contributed by atoms with van der Waals surface area (Å²) < 4.78 is 7.12. The third-order valence-electron chi connectivity index (χ3n) is 4.01. The maximum absolute atomic E-state index is 12.8. The van der Waals surface area contributed by atoms with Gasteiger partial charge in [0.2, 0.25) is 0 Å². The Bertz CT molecular complexity index is 863. The highest BCUT2D eigenvalue weighted by atomic mass is 16.5. The molecular weight excluding hydrogens is 306 g/mol. The number of benzene rings is 2. The summed E-state index contributed by atoms with van der Waals surface area (Å²) in [5, 5.41) is 14.2. The Morgan fingerprint density at radius 2 is 2.00 bits per heavy atom. The Morgan fingerprint density at radius 1 is 1.17 bits per heavy atom. The van der Waals surface area contributed by atoms with Crippen LogP contribution in [0.3, 0.4) is 0 Å². The van der Waals surface area contributed by atoms with Gasteiger partial charge in [-0.15, -0.1) is 5.10 Å². The van der Waals surface area contributed by atoms with Crippen LogP contribution in [0.4, 0.5) is 0 Å². The van der Waals surface area contributed by atoms with Crippen molar-refractivity contribution in [2.24, 2.45) is 0 Å². The lowest BCUT2D eigenvalue weighted by atomic mass is 10.00. The zero-order chi connectivity index (χ0) is 16.4. The molecule has 1 N–H and O–H groups in total. The smallest absolute Gasteiger partial charge is 0.253 e. The molecule has 1 unspecified atom stereocenters. The van der Waals surface area contributed by atoms with Crippen LogP contribution in [0.25, 0.3) is 5.69 Å². The van der Waals surface area contributed by atoms with Crippen molar-refractivity contribution in [3.8, 4) is 11.4 Å². The number of ether oxygens (including phenoxy) is 1. The van der Waals surface area contributed by atoms with Crippen LogP contribution in [0, 0.1) is 0 Å². The predicted molar refractivity (Wildman–Crippen MR) is 85.9 cm³/mol. The van der Waals surface area contributed by atoms with Crippen molar-refractivity contribution >= 4 is 5.91 Å². The first-order valence-electron chi connectivity index (χ1n) is 7.68. The summed E-state index contributed by atoms with van der Waals surface area (Å²) in [6.45, 7) is 0.580. The molecule has 0 radical (unpaired) electrons. The van der Waals surface area contributed by atoms with Gasteiger partial charge in [0.25, 0.3) is 5.91 Å². The summed E-state index contributed by atoms with van der Waals surface area (Å²) in [5.41, 5.74) is 2.16. The fourth-order valence-electron chi connectivity index (χ4n) is 2.87. The van der Waals surface area contributed by atoms with Gasteiger partial charge < -0.3 is 10.1 Å². The maximum atomic E-state index is 12.8. The summed E-state index contributed by atoms with van der Waals surface area (Å²) in [5.74, 6) is 0.658. The molecule has 1 aliphatic heterocycles. The van der Waals surface area contributed by atoms with Crippen LogP contribution in [0.5, 0.6) is 5.75 Å². The summed E-state index contributed by atoms with van der Waals surface area (Å²) in [7, 11) is 0. The minimum atomic E-state index is -0.164. The molecule has 1 atom stereocenters. The number of amides is 1. The van der Waals surface area contributed by atoms with Gasteiger partial charge in [0, 0.05) is 12.0 Å². The topological polar surface area (TPSA) is 81.9 Å². The average molecular weight is 321 g/mol. The molecule has 1 amide bonds. The third kappa shape index (κ3) is 2.60. The molecule has 0 saturated carbocycles. The first-order chi connectivity index (χ1) is 11.8. The summed E-state index contributed by atoms with van der Waals surface area (Å²) >= 11 is 0. The molecule has 3 aromatic rings. The van der Waals surface area contributed by atoms with Gasteiger partial charge in [0.05, 0.1) is 23.9 Å². The number of carbonyl (C=O) groups excluding carboxylic acids is 1. The van der Waals surface area contributed by atoms with Gasteiger partial charge in [-0.25, -0.2) is 0 Å². The second kappa shape index (κ2) is 6.11. The highest BCUT2D eigenvalue weighted by Crippen LogP contribution is 2.31. The van der Waals surface area contributed by atoms with Crippen molar-refractivity contribution < 1.29 is 9.53 Å². The summed E-state index contributed by atoms with van der Waals surface area (Å²) in [4.78, 5) is 12.8. The van der Waals surface area contributed by atoms with E-state index in [1.54, 1.807) is 6.07 Å². The highest BCUT2D eigenvalue weighted by Gasteiger charge is 2.24. The highest BCUT2D eigenvalue weighted by molar-refractivity contribution is 5.98. The number of carbonyl (C=O) groups is 1. The molecule has 1 aliphatic rings. The zero-order valence-corrected chi connectivity index (χ0v) is 12.8. The van der Waals surface area contributed by atoms with E-state index in [-0.39, 0.29) is 11.9 Å². The predicted octanol–water partition coefficient (Wildman–Crippen LogP) is 1.92. The van der Waals surface area contributed by atoms with Gasteiger partial charge in [-0.2, -0.15) is 4.68 Å². The molecule has 7 nitrogen and oxygen atoms in total. The largest absolute Gasteiger partial charge is 0.493 e. The monoisotopic (exact) mass is 321 g/mol. The van der Waals surface area contributed by atoms with Gasteiger partial charge in [-0.1, -0.05) is 30.3 Å². The fourth-order valence-corrected chi connectivity index (χ4v) is 2.87. The van der Waals surface area contributed by atoms with E-state index in [2.05, 4.69) is 20.8 Å². The number of tetrazole rings is 1. The molecule has 0 aliphatic carbocycles. The van der Waals surface area contributed by atoms with Crippen LogP contribution in [-0.2, 0) is 0 Å². The van der Waals surface area contributed by atoms with Gasteiger partial charge in [-0.05, 0) is 28.6 Å². The van der Waals surface area contributed by atoms with E-state index < -0.39 is 0 Å². The Labute approximate surface area is 138 Å². The Morgan fingerprint density at radius 3 is 2.88 bits per heavy atom. The molecule has 0 bridgehead atoms. The van der Waals surface area contributed by atoms with Crippen molar-refractivity contribution in [2.45, 2.75) is 12.5 Å². The summed E-state index contributed by atoms with van der Waals surface area (Å²) in [6.07, 6.45) is 2.20. The van der Waals surface area contributed by atoms with Crippen LogP contribution in [0.2, 0.25) is 0 Å². The molecule has 0 saturated heterocycles. The van der Waals surface area contributed by atoms with Gasteiger partial charge in [0.15, 0.2) is 0 Å². The van der Waals surface area contributed by atoms with Crippen LogP contribution >= 0.6 is 0 Å². The Kier molecular flexibility index (Phi) is 3.66. The quantitative estimate of drug-likeness (QED) is 0.797. The number of para-hydroxylation sites is 2. The molecule has 0 spiro atoms. The average Bonchev–Trinajstić information content (AvgIpc) is 3.16. The molecule has 120 valence electrons. The SMILES string of the molecule is O=C(NC1CCOc2ccccc21)c1ccccc1-n1cnnn1. The lowest BCUT2D eigenvalue weighted by Crippen LogP contribution is -2.32. The molecule has 7 heteroatoms. The number of hydrogen-bond donors (Lipinski definition) is 1. The molecule has 0 fully saturated rings. The van der Waals surface area contributed by atoms with E-state index in [0.717, 1.165) is 17.7 Å². The Balaban J connectivity index is 1.63. The number of hydrogen-bond acceptors (Lipinski definition) is 5. The molecule has 24 heavy (non-hydrogen) atoms. The van der Waals surface area contributed by atoms with Crippen LogP contribution in [-0.4, -0.2) is 32.7 Å². The number of fused-ring (bicyclic) bond motifs is 1. The van der Waals surface area contributed by atoms with Crippen molar-refractivity contribution in [3.63, 3.8) is 0 Å². The van der Waals surface area contributed by atoms with E-state index in [4.69, 9.17) is 4.74 Å². The first kappa shape index (κ1) is 14.4. The fraction of sp³-hybridized carbons (Fsp3) is 0.176. The van der Waals surface area contributed by atoms with Gasteiger partial charge >= 0.3 is 0 Å². The number of rotatable bonds is 3. The lowest BCUT2D eigenvalue weighted by molar-refractivity contribution is 0.0924. The minimum absolute atomic E-state index is 0.0793. The molecule has 2 heterocycles. The third-order valence-corrected chi connectivity index (χ3v) is 4.01. The lowest BCUT2D eigenvalue weighted by Gasteiger charge is -2.26. The first-order valence-corrected chi connectivity index (χ1v) is 7.68. The van der Waals surface area contributed by atoms with Crippen LogP contribution in [0.15, 0.2) is 54.9 Å². The molecule has 4 rings (SSSR count). The van der Waals surface area contributed by atoms with Crippen molar-refractivity contribution in [2.75, 3.05) is 6.61 Å². The van der Waals surface area contributed by atoms with E-state index in [1.165, 1.54) is 11.0 Å². The normalized spacial score (nSPS) is 16.1. The Hall–Kier alpha value is -3.22. The van der Waals surface area contributed by atoms with E-state index in [0.29, 0.717) is 17.9 Å². The molecule has 1 aromatic heterocycles. The van der Waals surface area contributed by atoms with Crippen LogP contribution < -0.4 is 10.1 Å². The number of nitrogens with one attached hydrogen (secondary N) is 1. The van der Waals surface area contributed by atoms with E-state index >= 15 is 0 Å². The standard InChI is InChI=1S/C17H15N5O2/c23-17(13-6-1-3-7-15(13)22-11-18-20-21-22)19-14-9-10-24-16-8-4-2-5-12(14)16/h1-8,11,14H,9-10H2,(H,19,23). The van der Waals surface area contributed by atoms with Crippen molar-refractivity contribution in [1.82, 2.24) is 25.5 Å². The second-order valence-corrected chi connectivity index (χ2v) is 5.47. The van der Waals surface area contributed by atoms with Gasteiger partial charge in [-0.3, -0.25) is 4.79 Å². The van der Waals surface area contributed by atoms with Crippen molar-refractivity contribution in [3.05, 3.63) is 66.0 Å². The van der Waals surface area contributed by atoms with Gasteiger partial charge in [0.1, 0.15) is 12.1 Å². The summed E-state index contributed by atoms with van der Waals surface area (Å²) in [6, 6.07) is 14.9. The van der Waals surface area contributed by atoms with Crippen LogP contribution in [0.1, 0.15) is 28.4 Å². The molecular formula is C17H15N5O2. The second-order valence-electron chi connectivity index (χ2n) is 5.47. The molecule has 2 aromatic carbocycles. The van der Waals surface area contributed by atoms with Crippen molar-refractivity contribution in [1.29, 1.82) is 0 Å². The minimum Gasteiger partial charge on any atom is -0.493 e. The number of aromatic nitrogens is 4. The van der Waals surface area contributed by atoms with E-state index in [9.17, 15) is 4.79 Å². The maximum Gasteiger partial charge on any atom is 0.253 e.